The maximum absolute atomic E-state index is 13.2. The van der Waals surface area contributed by atoms with Crippen molar-refractivity contribution in [3.63, 3.8) is 0 Å². The number of allylic oxidation sites excluding steroid dienone is 1. The summed E-state index contributed by atoms with van der Waals surface area (Å²) in [6, 6.07) is 6.80. The molecule has 35 heavy (non-hydrogen) atoms. The molecule has 1 aromatic carbocycles. The first-order valence-corrected chi connectivity index (χ1v) is 11.7. The van der Waals surface area contributed by atoms with Crippen LogP contribution in [-0.2, 0) is 6.18 Å². The van der Waals surface area contributed by atoms with E-state index in [1.807, 2.05) is 18.2 Å². The van der Waals surface area contributed by atoms with Crippen LogP contribution in [0.4, 0.5) is 30.4 Å². The van der Waals surface area contributed by atoms with Crippen LogP contribution in [-0.4, -0.2) is 42.1 Å². The van der Waals surface area contributed by atoms with Gasteiger partial charge in [0, 0.05) is 56.2 Å². The largest absolute Gasteiger partial charge is 0.465 e. The van der Waals surface area contributed by atoms with E-state index in [4.69, 9.17) is 4.74 Å². The van der Waals surface area contributed by atoms with Crippen LogP contribution in [0.25, 0.3) is 0 Å². The van der Waals surface area contributed by atoms with Gasteiger partial charge in [-0.3, -0.25) is 10.1 Å². The summed E-state index contributed by atoms with van der Waals surface area (Å²) in [6.45, 7) is 3.66. The molecular weight excluding hydrogens is 463 g/mol. The molecule has 2 aliphatic rings. The number of ether oxygens (including phenoxy) is 1. The van der Waals surface area contributed by atoms with Crippen LogP contribution in [0.1, 0.15) is 31.2 Å². The number of nitrogens with one attached hydrogen (secondary N) is 2. The van der Waals surface area contributed by atoms with Crippen molar-refractivity contribution in [2.45, 2.75) is 37.9 Å². The standard InChI is InChI=1S/C24H28F3N5O3/c25-24(26,27)21-15-19(5-6-22(21)32(33)34)30-18-3-1-17(2-4-18)8-14-35-20-7-9-29-23(16-20)31-12-10-28-11-13-31/h5-9,14-18,28,30H,1-4,10-13H2/b14-8+. The van der Waals surface area contributed by atoms with Gasteiger partial charge in [0.25, 0.3) is 5.69 Å². The third kappa shape index (κ3) is 6.62. The molecule has 188 valence electrons. The number of hydrogen-bond donors (Lipinski definition) is 2. The minimum Gasteiger partial charge on any atom is -0.465 e. The van der Waals surface area contributed by atoms with Crippen LogP contribution < -0.4 is 20.3 Å². The molecule has 0 atom stereocenters. The number of piperazine rings is 1. The molecule has 0 unspecified atom stereocenters. The normalized spacial score (nSPS) is 21.2. The second kappa shape index (κ2) is 10.9. The Bertz CT molecular complexity index is 1050. The average molecular weight is 492 g/mol. The number of halogens is 3. The third-order valence-electron chi connectivity index (χ3n) is 6.35. The smallest absolute Gasteiger partial charge is 0.423 e. The molecule has 0 radical (unpaired) electrons. The van der Waals surface area contributed by atoms with Crippen molar-refractivity contribution in [2.75, 3.05) is 36.4 Å². The Morgan fingerprint density at radius 1 is 1.14 bits per heavy atom. The highest BCUT2D eigenvalue weighted by Crippen LogP contribution is 2.38. The second-order valence-corrected chi connectivity index (χ2v) is 8.78. The lowest BCUT2D eigenvalue weighted by Crippen LogP contribution is -2.43. The molecular formula is C24H28F3N5O3. The van der Waals surface area contributed by atoms with Crippen molar-refractivity contribution in [2.24, 2.45) is 5.92 Å². The number of alkyl halides is 3. The van der Waals surface area contributed by atoms with Gasteiger partial charge in [0.05, 0.1) is 11.2 Å². The van der Waals surface area contributed by atoms with Crippen LogP contribution in [0, 0.1) is 16.0 Å². The summed E-state index contributed by atoms with van der Waals surface area (Å²) in [5.41, 5.74) is -1.94. The van der Waals surface area contributed by atoms with E-state index in [0.29, 0.717) is 5.92 Å². The SMILES string of the molecule is O=[N+]([O-])c1ccc(NC2CCC(/C=C/Oc3ccnc(N4CCNCC4)c3)CC2)cc1C(F)(F)F. The predicted molar refractivity (Wildman–Crippen MR) is 127 cm³/mol. The molecule has 0 bridgehead atoms. The number of anilines is 2. The molecule has 2 aromatic rings. The Balaban J connectivity index is 1.28. The van der Waals surface area contributed by atoms with Gasteiger partial charge in [-0.25, -0.2) is 4.98 Å². The number of hydrogen-bond acceptors (Lipinski definition) is 7. The summed E-state index contributed by atoms with van der Waals surface area (Å²) in [5, 5.41) is 17.4. The minimum atomic E-state index is -4.79. The topological polar surface area (TPSA) is 92.6 Å². The van der Waals surface area contributed by atoms with Gasteiger partial charge in [-0.2, -0.15) is 13.2 Å². The van der Waals surface area contributed by atoms with Gasteiger partial charge in [-0.05, 0) is 55.9 Å². The van der Waals surface area contributed by atoms with Crippen LogP contribution >= 0.6 is 0 Å². The van der Waals surface area contributed by atoms with E-state index in [1.165, 1.54) is 6.07 Å². The molecule has 8 nitrogen and oxygen atoms in total. The van der Waals surface area contributed by atoms with Crippen LogP contribution in [0.3, 0.4) is 0 Å². The zero-order valence-electron chi connectivity index (χ0n) is 19.1. The van der Waals surface area contributed by atoms with Gasteiger partial charge >= 0.3 is 6.18 Å². The number of benzene rings is 1. The van der Waals surface area contributed by atoms with Gasteiger partial charge in [0.1, 0.15) is 17.1 Å². The average Bonchev–Trinajstić information content (AvgIpc) is 2.85. The van der Waals surface area contributed by atoms with Crippen LogP contribution in [0.15, 0.2) is 48.9 Å². The van der Waals surface area contributed by atoms with E-state index < -0.39 is 22.4 Å². The van der Waals surface area contributed by atoms with Crippen molar-refractivity contribution in [3.05, 3.63) is 64.5 Å². The van der Waals surface area contributed by atoms with Crippen molar-refractivity contribution in [1.82, 2.24) is 10.3 Å². The summed E-state index contributed by atoms with van der Waals surface area (Å²) in [5.74, 6) is 1.92. The molecule has 2 fully saturated rings. The number of rotatable bonds is 7. The molecule has 0 spiro atoms. The predicted octanol–water partition coefficient (Wildman–Crippen LogP) is 4.98. The third-order valence-corrected chi connectivity index (χ3v) is 6.35. The van der Waals surface area contributed by atoms with Crippen LogP contribution in [0.5, 0.6) is 5.75 Å². The van der Waals surface area contributed by atoms with Crippen LogP contribution in [0.2, 0.25) is 0 Å². The minimum absolute atomic E-state index is 0.00453. The summed E-state index contributed by atoms with van der Waals surface area (Å²) >= 11 is 0. The van der Waals surface area contributed by atoms with Gasteiger partial charge < -0.3 is 20.3 Å². The number of nitro benzene ring substituents is 1. The lowest BCUT2D eigenvalue weighted by Gasteiger charge is -2.28. The van der Waals surface area contributed by atoms with Gasteiger partial charge in [-0.1, -0.05) is 0 Å². The highest BCUT2D eigenvalue weighted by molar-refractivity contribution is 5.55. The number of nitro groups is 1. The monoisotopic (exact) mass is 491 g/mol. The van der Waals surface area contributed by atoms with Crippen molar-refractivity contribution < 1.29 is 22.8 Å². The highest BCUT2D eigenvalue weighted by Gasteiger charge is 2.38. The van der Waals surface area contributed by atoms with E-state index >= 15 is 0 Å². The number of pyridine rings is 1. The Morgan fingerprint density at radius 2 is 1.89 bits per heavy atom. The molecule has 2 N–H and O–H groups in total. The Kier molecular flexibility index (Phi) is 7.74. The fraction of sp³-hybridized carbons (Fsp3) is 0.458. The second-order valence-electron chi connectivity index (χ2n) is 8.78. The zero-order valence-corrected chi connectivity index (χ0v) is 19.1. The Labute approximate surface area is 201 Å². The number of nitrogens with zero attached hydrogens (tertiary/aromatic N) is 3. The van der Waals surface area contributed by atoms with E-state index in [9.17, 15) is 23.3 Å². The first kappa shape index (κ1) is 24.8. The highest BCUT2D eigenvalue weighted by atomic mass is 19.4. The quantitative estimate of drug-likeness (QED) is 0.321. The summed E-state index contributed by atoms with van der Waals surface area (Å²) < 4.78 is 45.4. The Morgan fingerprint density at radius 3 is 2.57 bits per heavy atom. The van der Waals surface area contributed by atoms with Crippen molar-refractivity contribution in [1.29, 1.82) is 0 Å². The maximum atomic E-state index is 13.2. The molecule has 0 amide bonds. The van der Waals surface area contributed by atoms with Crippen molar-refractivity contribution >= 4 is 17.2 Å². The lowest BCUT2D eigenvalue weighted by atomic mass is 9.86. The van der Waals surface area contributed by atoms with Gasteiger partial charge in [-0.15, -0.1) is 0 Å². The van der Waals surface area contributed by atoms with Gasteiger partial charge in [0.15, 0.2) is 0 Å². The Hall–Kier alpha value is -3.34. The molecule has 1 aliphatic carbocycles. The first-order chi connectivity index (χ1) is 16.8. The molecule has 11 heteroatoms. The summed E-state index contributed by atoms with van der Waals surface area (Å²) in [4.78, 5) is 16.6. The summed E-state index contributed by atoms with van der Waals surface area (Å²) in [7, 11) is 0. The fourth-order valence-corrected chi connectivity index (χ4v) is 4.47. The van der Waals surface area contributed by atoms with E-state index in [2.05, 4.69) is 20.5 Å². The molecule has 4 rings (SSSR count). The molecule has 2 heterocycles. The van der Waals surface area contributed by atoms with E-state index in [0.717, 1.165) is 75.6 Å². The van der Waals surface area contributed by atoms with E-state index in [1.54, 1.807) is 12.5 Å². The zero-order chi connectivity index (χ0) is 24.8. The summed E-state index contributed by atoms with van der Waals surface area (Å²) in [6.07, 6.45) is 3.93. The molecule has 1 aromatic heterocycles. The van der Waals surface area contributed by atoms with Crippen molar-refractivity contribution in [3.8, 4) is 5.75 Å². The first-order valence-electron chi connectivity index (χ1n) is 11.7. The molecule has 1 saturated heterocycles. The van der Waals surface area contributed by atoms with E-state index in [-0.39, 0.29) is 11.7 Å². The molecule has 1 aliphatic heterocycles. The maximum Gasteiger partial charge on any atom is 0.423 e. The molecule has 1 saturated carbocycles. The number of aromatic nitrogens is 1. The fourth-order valence-electron chi connectivity index (χ4n) is 4.47. The lowest BCUT2D eigenvalue weighted by molar-refractivity contribution is -0.388. The van der Waals surface area contributed by atoms with Gasteiger partial charge in [0.2, 0.25) is 0 Å².